The highest BCUT2D eigenvalue weighted by Crippen LogP contribution is 2.22. The topological polar surface area (TPSA) is 74.6 Å². The Morgan fingerprint density at radius 1 is 0.885 bits per heavy atom. The fourth-order valence-corrected chi connectivity index (χ4v) is 2.99. The maximum absolute atomic E-state index is 12.9. The summed E-state index contributed by atoms with van der Waals surface area (Å²) in [5, 5.41) is 0. The van der Waals surface area contributed by atoms with E-state index in [1.807, 2.05) is 31.2 Å². The number of para-hydroxylation sites is 1. The van der Waals surface area contributed by atoms with Crippen LogP contribution in [0.3, 0.4) is 0 Å². The summed E-state index contributed by atoms with van der Waals surface area (Å²) in [6.45, 7) is 8.83. The lowest BCUT2D eigenvalue weighted by Gasteiger charge is -2.21. The second-order valence-corrected chi connectivity index (χ2v) is 5.81. The van der Waals surface area contributed by atoms with E-state index in [9.17, 15) is 14.4 Å². The van der Waals surface area contributed by atoms with E-state index in [1.165, 1.54) is 0 Å². The SMILES string of the molecule is CCOC(=O)c1c(C)n(-c2ccccc2C)c(C)c(C(=O)OCC)c1=O. The molecule has 0 radical (unpaired) electrons. The highest BCUT2D eigenvalue weighted by atomic mass is 16.5. The van der Waals surface area contributed by atoms with Crippen molar-refractivity contribution in [1.29, 1.82) is 0 Å². The Morgan fingerprint density at radius 3 is 1.77 bits per heavy atom. The van der Waals surface area contributed by atoms with E-state index in [1.54, 1.807) is 32.3 Å². The van der Waals surface area contributed by atoms with E-state index in [4.69, 9.17) is 9.47 Å². The fourth-order valence-electron chi connectivity index (χ4n) is 2.99. The van der Waals surface area contributed by atoms with Crippen molar-refractivity contribution >= 4 is 11.9 Å². The lowest BCUT2D eigenvalue weighted by atomic mass is 10.0. The predicted molar refractivity (Wildman–Crippen MR) is 98.2 cm³/mol. The summed E-state index contributed by atoms with van der Waals surface area (Å²) in [6.07, 6.45) is 0. The van der Waals surface area contributed by atoms with Crippen LogP contribution in [0.2, 0.25) is 0 Å². The van der Waals surface area contributed by atoms with E-state index < -0.39 is 17.4 Å². The molecule has 0 amide bonds. The number of aromatic nitrogens is 1. The number of rotatable bonds is 5. The molecule has 0 saturated carbocycles. The van der Waals surface area contributed by atoms with Crippen molar-refractivity contribution in [2.75, 3.05) is 13.2 Å². The van der Waals surface area contributed by atoms with Crippen molar-refractivity contribution in [1.82, 2.24) is 4.57 Å². The molecule has 0 unspecified atom stereocenters. The Kier molecular flexibility index (Phi) is 5.97. The van der Waals surface area contributed by atoms with Gasteiger partial charge in [-0.25, -0.2) is 9.59 Å². The van der Waals surface area contributed by atoms with Gasteiger partial charge in [-0.05, 0) is 46.2 Å². The molecular formula is C20H23NO5. The molecule has 0 N–H and O–H groups in total. The van der Waals surface area contributed by atoms with Crippen LogP contribution in [-0.2, 0) is 9.47 Å². The van der Waals surface area contributed by atoms with Crippen LogP contribution in [0.1, 0.15) is 51.5 Å². The number of nitrogens with zero attached hydrogens (tertiary/aromatic N) is 1. The number of ether oxygens (including phenoxy) is 2. The van der Waals surface area contributed by atoms with E-state index in [0.717, 1.165) is 11.3 Å². The molecule has 0 aliphatic rings. The molecular weight excluding hydrogens is 334 g/mol. The molecule has 1 aromatic carbocycles. The molecule has 0 fully saturated rings. The molecule has 0 aliphatic carbocycles. The van der Waals surface area contributed by atoms with Gasteiger partial charge < -0.3 is 14.0 Å². The molecule has 6 heteroatoms. The summed E-state index contributed by atoms with van der Waals surface area (Å²) in [4.78, 5) is 37.7. The smallest absolute Gasteiger partial charge is 0.343 e. The number of hydrogen-bond donors (Lipinski definition) is 0. The number of benzene rings is 1. The van der Waals surface area contributed by atoms with Gasteiger partial charge in [-0.15, -0.1) is 0 Å². The second kappa shape index (κ2) is 7.99. The molecule has 0 aliphatic heterocycles. The average Bonchev–Trinajstić information content (AvgIpc) is 2.57. The second-order valence-electron chi connectivity index (χ2n) is 5.81. The third-order valence-corrected chi connectivity index (χ3v) is 4.16. The molecule has 26 heavy (non-hydrogen) atoms. The Hall–Kier alpha value is -2.89. The number of aryl methyl sites for hydroxylation is 1. The lowest BCUT2D eigenvalue weighted by Crippen LogP contribution is -2.31. The summed E-state index contributed by atoms with van der Waals surface area (Å²) >= 11 is 0. The van der Waals surface area contributed by atoms with Crippen LogP contribution >= 0.6 is 0 Å². The molecule has 2 rings (SSSR count). The van der Waals surface area contributed by atoms with Crippen molar-refractivity contribution in [3.63, 3.8) is 0 Å². The summed E-state index contributed by atoms with van der Waals surface area (Å²) in [7, 11) is 0. The monoisotopic (exact) mass is 357 g/mol. The Morgan fingerprint density at radius 2 is 1.35 bits per heavy atom. The maximum atomic E-state index is 12.9. The molecule has 2 aromatic rings. The van der Waals surface area contributed by atoms with Crippen LogP contribution in [0.25, 0.3) is 5.69 Å². The minimum absolute atomic E-state index is 0.130. The average molecular weight is 357 g/mol. The number of carbonyl (C=O) groups is 2. The lowest BCUT2D eigenvalue weighted by molar-refractivity contribution is 0.0519. The van der Waals surface area contributed by atoms with Crippen molar-refractivity contribution in [3.8, 4) is 5.69 Å². The zero-order valence-electron chi connectivity index (χ0n) is 15.7. The van der Waals surface area contributed by atoms with Gasteiger partial charge in [0.15, 0.2) is 0 Å². The van der Waals surface area contributed by atoms with E-state index in [0.29, 0.717) is 11.4 Å². The minimum atomic E-state index is -0.747. The van der Waals surface area contributed by atoms with E-state index >= 15 is 0 Å². The quantitative estimate of drug-likeness (QED) is 0.769. The number of hydrogen-bond acceptors (Lipinski definition) is 5. The van der Waals surface area contributed by atoms with Gasteiger partial charge in [0.25, 0.3) is 0 Å². The zero-order chi connectivity index (χ0) is 19.4. The maximum Gasteiger partial charge on any atom is 0.343 e. The first-order valence-electron chi connectivity index (χ1n) is 8.51. The minimum Gasteiger partial charge on any atom is -0.462 e. The van der Waals surface area contributed by atoms with Crippen LogP contribution in [0.15, 0.2) is 29.1 Å². The number of esters is 2. The van der Waals surface area contributed by atoms with Gasteiger partial charge in [0.1, 0.15) is 11.1 Å². The first-order valence-corrected chi connectivity index (χ1v) is 8.51. The van der Waals surface area contributed by atoms with Crippen molar-refractivity contribution in [2.45, 2.75) is 34.6 Å². The number of carbonyl (C=O) groups excluding carboxylic acids is 2. The first kappa shape index (κ1) is 19.4. The summed E-state index contributed by atoms with van der Waals surface area (Å²) in [5.41, 5.74) is 1.60. The predicted octanol–water partition coefficient (Wildman–Crippen LogP) is 3.12. The van der Waals surface area contributed by atoms with Gasteiger partial charge in [0, 0.05) is 17.1 Å². The molecule has 0 bridgehead atoms. The summed E-state index contributed by atoms with van der Waals surface area (Å²) in [6, 6.07) is 7.53. The van der Waals surface area contributed by atoms with Crippen LogP contribution in [0.4, 0.5) is 0 Å². The Balaban J connectivity index is 2.92. The first-order chi connectivity index (χ1) is 12.3. The van der Waals surface area contributed by atoms with Gasteiger partial charge in [-0.2, -0.15) is 0 Å². The van der Waals surface area contributed by atoms with E-state index in [-0.39, 0.29) is 24.3 Å². The highest BCUT2D eigenvalue weighted by Gasteiger charge is 2.28. The molecule has 0 spiro atoms. The summed E-state index contributed by atoms with van der Waals surface area (Å²) in [5.74, 6) is -1.49. The van der Waals surface area contributed by atoms with Crippen LogP contribution in [0.5, 0.6) is 0 Å². The normalized spacial score (nSPS) is 10.5. The third kappa shape index (κ3) is 3.40. The van der Waals surface area contributed by atoms with Gasteiger partial charge in [-0.1, -0.05) is 18.2 Å². The molecule has 138 valence electrons. The van der Waals surface area contributed by atoms with E-state index in [2.05, 4.69) is 0 Å². The summed E-state index contributed by atoms with van der Waals surface area (Å²) < 4.78 is 11.8. The van der Waals surface area contributed by atoms with Gasteiger partial charge in [0.05, 0.1) is 13.2 Å². The molecule has 0 saturated heterocycles. The highest BCUT2D eigenvalue weighted by molar-refractivity contribution is 5.96. The van der Waals surface area contributed by atoms with Crippen LogP contribution in [-0.4, -0.2) is 29.7 Å². The number of pyridine rings is 1. The Labute approximate surface area is 152 Å². The van der Waals surface area contributed by atoms with Crippen molar-refractivity contribution < 1.29 is 19.1 Å². The molecule has 1 aromatic heterocycles. The van der Waals surface area contributed by atoms with Crippen LogP contribution < -0.4 is 5.43 Å². The van der Waals surface area contributed by atoms with Gasteiger partial charge in [0.2, 0.25) is 5.43 Å². The molecule has 1 heterocycles. The van der Waals surface area contributed by atoms with Crippen molar-refractivity contribution in [3.05, 3.63) is 62.6 Å². The largest absolute Gasteiger partial charge is 0.462 e. The Bertz CT molecular complexity index is 863. The van der Waals surface area contributed by atoms with Crippen molar-refractivity contribution in [2.24, 2.45) is 0 Å². The molecule has 0 atom stereocenters. The van der Waals surface area contributed by atoms with Gasteiger partial charge in [-0.3, -0.25) is 4.79 Å². The van der Waals surface area contributed by atoms with Crippen LogP contribution in [0, 0.1) is 20.8 Å². The zero-order valence-corrected chi connectivity index (χ0v) is 15.7. The third-order valence-electron chi connectivity index (χ3n) is 4.16. The van der Waals surface area contributed by atoms with Gasteiger partial charge >= 0.3 is 11.9 Å². The fraction of sp³-hybridized carbons (Fsp3) is 0.350. The molecule has 6 nitrogen and oxygen atoms in total. The standard InChI is InChI=1S/C20H23NO5/c1-6-25-19(23)16-13(4)21(15-11-9-8-10-12(15)3)14(5)17(18(16)22)20(24)26-7-2/h8-11H,6-7H2,1-5H3.